The third-order valence-electron chi connectivity index (χ3n) is 5.00. The van der Waals surface area contributed by atoms with E-state index in [2.05, 4.69) is 5.32 Å². The molecule has 0 bridgehead atoms. The minimum absolute atomic E-state index is 0.235. The van der Waals surface area contributed by atoms with Crippen LogP contribution in [0.4, 0.5) is 5.69 Å². The van der Waals surface area contributed by atoms with E-state index >= 15 is 0 Å². The zero-order chi connectivity index (χ0) is 21.0. The zero-order valence-electron chi connectivity index (χ0n) is 17.0. The highest BCUT2D eigenvalue weighted by Crippen LogP contribution is 2.44. The first-order valence-electron chi connectivity index (χ1n) is 9.45. The van der Waals surface area contributed by atoms with Crippen molar-refractivity contribution in [2.75, 3.05) is 12.4 Å². The topological polar surface area (TPSA) is 102 Å². The highest BCUT2D eigenvalue weighted by atomic mass is 16.9. The number of hydrogen-bond acceptors (Lipinski definition) is 8. The number of carbonyl (C=O) groups excluding carboxylic acids is 2. The number of methoxy groups -OCH3 is 1. The molecule has 0 saturated carbocycles. The van der Waals surface area contributed by atoms with Gasteiger partial charge in [0.25, 0.3) is 5.91 Å². The molecule has 1 amide bonds. The first kappa shape index (κ1) is 20.2. The molecular weight excluding hydrogens is 382 g/mol. The van der Waals surface area contributed by atoms with Crippen molar-refractivity contribution in [2.24, 2.45) is 0 Å². The van der Waals surface area contributed by atoms with Crippen LogP contribution in [0.15, 0.2) is 24.3 Å². The Morgan fingerprint density at radius 3 is 2.28 bits per heavy atom. The van der Waals surface area contributed by atoms with Crippen LogP contribution in [0, 0.1) is 0 Å². The van der Waals surface area contributed by atoms with E-state index < -0.39 is 54.2 Å². The Morgan fingerprint density at radius 2 is 1.55 bits per heavy atom. The summed E-state index contributed by atoms with van der Waals surface area (Å²) in [6.07, 6.45) is -3.57. The molecule has 9 heteroatoms. The maximum Gasteiger partial charge on any atom is 0.339 e. The van der Waals surface area contributed by atoms with Crippen molar-refractivity contribution in [3.05, 3.63) is 29.8 Å². The second kappa shape index (κ2) is 7.03. The molecule has 5 atom stereocenters. The Hall–Kier alpha value is -2.04. The highest BCUT2D eigenvalue weighted by molar-refractivity contribution is 6.02. The molecule has 1 aromatic rings. The number of hydrogen-bond donors (Lipinski definition) is 1. The van der Waals surface area contributed by atoms with Gasteiger partial charge in [-0.3, -0.25) is 4.79 Å². The predicted molar refractivity (Wildman–Crippen MR) is 98.9 cm³/mol. The second-order valence-electron chi connectivity index (χ2n) is 8.12. The maximum atomic E-state index is 13.1. The number of fused-ring (bicyclic) bond motifs is 3. The second-order valence-corrected chi connectivity index (χ2v) is 8.12. The summed E-state index contributed by atoms with van der Waals surface area (Å²) in [6.45, 7) is 7.07. The molecule has 9 nitrogen and oxygen atoms in total. The molecule has 0 aromatic heterocycles. The molecule has 4 rings (SSSR count). The van der Waals surface area contributed by atoms with Crippen molar-refractivity contribution in [1.29, 1.82) is 0 Å². The number of anilines is 1. The van der Waals surface area contributed by atoms with Crippen LogP contribution in [0.3, 0.4) is 0 Å². The Bertz CT molecular complexity index is 822. The number of para-hydroxylation sites is 1. The molecule has 0 spiro atoms. The van der Waals surface area contributed by atoms with Gasteiger partial charge >= 0.3 is 5.97 Å². The average molecular weight is 407 g/mol. The molecule has 3 heterocycles. The monoisotopic (exact) mass is 407 g/mol. The van der Waals surface area contributed by atoms with Crippen LogP contribution in [-0.2, 0) is 33.2 Å². The third kappa shape index (κ3) is 3.76. The largest absolute Gasteiger partial charge is 0.465 e. The van der Waals surface area contributed by atoms with Crippen LogP contribution in [0.2, 0.25) is 0 Å². The van der Waals surface area contributed by atoms with Gasteiger partial charge in [-0.1, -0.05) is 12.1 Å². The van der Waals surface area contributed by atoms with Crippen LogP contribution in [0.5, 0.6) is 0 Å². The summed E-state index contributed by atoms with van der Waals surface area (Å²) < 4.78 is 34.4. The fourth-order valence-electron chi connectivity index (χ4n) is 3.91. The lowest BCUT2D eigenvalue weighted by molar-refractivity contribution is -0.229. The summed E-state index contributed by atoms with van der Waals surface area (Å²) in [6, 6.07) is 6.57. The van der Waals surface area contributed by atoms with Crippen LogP contribution in [0.25, 0.3) is 0 Å². The normalized spacial score (nSPS) is 34.2. The fraction of sp³-hybridized carbons (Fsp3) is 0.600. The van der Waals surface area contributed by atoms with Crippen molar-refractivity contribution in [2.45, 2.75) is 70.0 Å². The summed E-state index contributed by atoms with van der Waals surface area (Å²) in [4.78, 5) is 25.1. The van der Waals surface area contributed by atoms with E-state index in [9.17, 15) is 9.59 Å². The van der Waals surface area contributed by atoms with E-state index in [-0.39, 0.29) is 5.56 Å². The molecule has 0 radical (unpaired) electrons. The predicted octanol–water partition coefficient (Wildman–Crippen LogP) is 1.81. The average Bonchev–Trinajstić information content (AvgIpc) is 3.14. The van der Waals surface area contributed by atoms with Gasteiger partial charge in [-0.25, -0.2) is 4.79 Å². The van der Waals surface area contributed by atoms with Gasteiger partial charge in [0.15, 0.2) is 24.0 Å². The van der Waals surface area contributed by atoms with Crippen molar-refractivity contribution < 1.29 is 38.0 Å². The van der Waals surface area contributed by atoms with Crippen LogP contribution >= 0.6 is 0 Å². The van der Waals surface area contributed by atoms with Crippen LogP contribution in [0.1, 0.15) is 38.1 Å². The molecule has 29 heavy (non-hydrogen) atoms. The van der Waals surface area contributed by atoms with Crippen LogP contribution < -0.4 is 5.32 Å². The molecule has 3 aliphatic rings. The summed E-state index contributed by atoms with van der Waals surface area (Å²) in [5, 5.41) is 2.74. The van der Waals surface area contributed by atoms with E-state index in [0.29, 0.717) is 5.69 Å². The number of nitrogens with one attached hydrogen (secondary N) is 1. The van der Waals surface area contributed by atoms with Gasteiger partial charge in [0, 0.05) is 0 Å². The molecule has 3 fully saturated rings. The number of carbonyl (C=O) groups is 2. The number of ether oxygens (including phenoxy) is 6. The molecule has 1 aromatic carbocycles. The van der Waals surface area contributed by atoms with Gasteiger partial charge in [-0.05, 0) is 39.8 Å². The summed E-state index contributed by atoms with van der Waals surface area (Å²) >= 11 is 0. The molecular formula is C20H25NO8. The van der Waals surface area contributed by atoms with Crippen molar-refractivity contribution >= 4 is 17.6 Å². The van der Waals surface area contributed by atoms with Gasteiger partial charge in [0.1, 0.15) is 18.3 Å². The summed E-state index contributed by atoms with van der Waals surface area (Å²) in [5.74, 6) is -2.83. The van der Waals surface area contributed by atoms with E-state index in [1.165, 1.54) is 7.11 Å². The standard InChI is InChI=1S/C20H25NO8/c1-19(2)26-12-13(27-19)15-18(29-20(3,4)28-15)25-14(12)16(22)21-11-9-7-6-8-10(11)17(23)24-5/h6-9,12-15,18H,1-5H3,(H,21,22)/t12-,13+,14+,15+,18+/m0/s1. The minimum atomic E-state index is -1.02. The van der Waals surface area contributed by atoms with E-state index in [4.69, 9.17) is 28.4 Å². The van der Waals surface area contributed by atoms with Crippen LogP contribution in [-0.4, -0.2) is 61.3 Å². The van der Waals surface area contributed by atoms with Crippen molar-refractivity contribution in [1.82, 2.24) is 0 Å². The lowest BCUT2D eigenvalue weighted by Crippen LogP contribution is -2.58. The lowest BCUT2D eigenvalue weighted by atomic mass is 9.98. The molecule has 0 aliphatic carbocycles. The zero-order valence-corrected chi connectivity index (χ0v) is 17.0. The highest BCUT2D eigenvalue weighted by Gasteiger charge is 2.62. The SMILES string of the molecule is COC(=O)c1ccccc1NC(=O)[C@@H]1O[C@@H]2OC(C)(C)O[C@@H]2[C@@H]2OC(C)(C)O[C@@H]21. The van der Waals surface area contributed by atoms with Gasteiger partial charge in [-0.15, -0.1) is 0 Å². The number of benzene rings is 1. The first-order valence-corrected chi connectivity index (χ1v) is 9.45. The smallest absolute Gasteiger partial charge is 0.339 e. The maximum absolute atomic E-state index is 13.1. The molecule has 0 unspecified atom stereocenters. The summed E-state index contributed by atoms with van der Waals surface area (Å²) in [5.41, 5.74) is 0.549. The minimum Gasteiger partial charge on any atom is -0.465 e. The van der Waals surface area contributed by atoms with Gasteiger partial charge < -0.3 is 33.7 Å². The molecule has 3 aliphatic heterocycles. The van der Waals surface area contributed by atoms with Gasteiger partial charge in [0.2, 0.25) is 0 Å². The van der Waals surface area contributed by atoms with E-state index in [1.54, 1.807) is 52.0 Å². The van der Waals surface area contributed by atoms with Crippen molar-refractivity contribution in [3.63, 3.8) is 0 Å². The quantitative estimate of drug-likeness (QED) is 0.757. The first-order chi connectivity index (χ1) is 13.6. The lowest BCUT2D eigenvalue weighted by Gasteiger charge is -2.36. The Morgan fingerprint density at radius 1 is 0.931 bits per heavy atom. The molecule has 158 valence electrons. The molecule has 1 N–H and O–H groups in total. The fourth-order valence-corrected chi connectivity index (χ4v) is 3.91. The number of amides is 1. The molecule has 3 saturated heterocycles. The Labute approximate surface area is 168 Å². The van der Waals surface area contributed by atoms with E-state index in [0.717, 1.165) is 0 Å². The van der Waals surface area contributed by atoms with Gasteiger partial charge in [-0.2, -0.15) is 0 Å². The van der Waals surface area contributed by atoms with Crippen molar-refractivity contribution in [3.8, 4) is 0 Å². The van der Waals surface area contributed by atoms with E-state index in [1.807, 2.05) is 0 Å². The Kier molecular flexibility index (Phi) is 4.91. The Balaban J connectivity index is 1.59. The number of esters is 1. The van der Waals surface area contributed by atoms with Gasteiger partial charge in [0.05, 0.1) is 18.4 Å². The third-order valence-corrected chi connectivity index (χ3v) is 5.00. The number of rotatable bonds is 3. The summed E-state index contributed by atoms with van der Waals surface area (Å²) in [7, 11) is 1.28.